The molecule has 1 aromatic heterocycles. The number of rotatable bonds is 5. The number of hydrogen-bond acceptors (Lipinski definition) is 4. The number of aromatic nitrogens is 1. The smallest absolute Gasteiger partial charge is 0.243 e. The quantitative estimate of drug-likeness (QED) is 0.641. The predicted molar refractivity (Wildman–Crippen MR) is 109 cm³/mol. The first-order valence-electron chi connectivity index (χ1n) is 8.98. The molecule has 2 N–H and O–H groups in total. The van der Waals surface area contributed by atoms with Crippen LogP contribution in [0, 0.1) is 5.82 Å². The SMILES string of the molecule is CNS(=O)(=O)CCN1C(C)c2cc(-c3c[nH]c4cc(F)ccc34)ccc2S1(=O)=O. The molecule has 0 fully saturated rings. The fourth-order valence-electron chi connectivity index (χ4n) is 3.73. The monoisotopic (exact) mass is 437 g/mol. The minimum absolute atomic E-state index is 0.136. The molecule has 0 aliphatic carbocycles. The Kier molecular flexibility index (Phi) is 4.77. The van der Waals surface area contributed by atoms with Gasteiger partial charge in [0, 0.05) is 35.2 Å². The van der Waals surface area contributed by atoms with E-state index in [1.807, 2.05) is 0 Å². The van der Waals surface area contributed by atoms with E-state index >= 15 is 0 Å². The highest BCUT2D eigenvalue weighted by Crippen LogP contribution is 2.41. The lowest BCUT2D eigenvalue weighted by Gasteiger charge is -2.19. The van der Waals surface area contributed by atoms with Gasteiger partial charge in [0.05, 0.1) is 10.6 Å². The summed E-state index contributed by atoms with van der Waals surface area (Å²) in [6, 6.07) is 9.03. The van der Waals surface area contributed by atoms with Crippen molar-refractivity contribution < 1.29 is 21.2 Å². The van der Waals surface area contributed by atoms with E-state index in [4.69, 9.17) is 0 Å². The summed E-state index contributed by atoms with van der Waals surface area (Å²) in [6.45, 7) is 1.60. The van der Waals surface area contributed by atoms with E-state index in [0.717, 1.165) is 16.5 Å². The molecule has 0 radical (unpaired) electrons. The Bertz CT molecular complexity index is 1320. The predicted octanol–water partition coefficient (Wildman–Crippen LogP) is 2.59. The summed E-state index contributed by atoms with van der Waals surface area (Å²) in [5.41, 5.74) is 2.90. The largest absolute Gasteiger partial charge is 0.360 e. The van der Waals surface area contributed by atoms with Crippen LogP contribution in [0.2, 0.25) is 0 Å². The van der Waals surface area contributed by atoms with Gasteiger partial charge in [-0.25, -0.2) is 25.9 Å². The van der Waals surface area contributed by atoms with E-state index in [-0.39, 0.29) is 23.0 Å². The Labute approximate surface area is 168 Å². The van der Waals surface area contributed by atoms with Crippen LogP contribution in [0.3, 0.4) is 0 Å². The van der Waals surface area contributed by atoms with E-state index in [0.29, 0.717) is 11.1 Å². The molecule has 1 aliphatic heterocycles. The van der Waals surface area contributed by atoms with Gasteiger partial charge in [-0.1, -0.05) is 6.07 Å². The molecule has 10 heteroatoms. The van der Waals surface area contributed by atoms with Crippen molar-refractivity contribution in [2.75, 3.05) is 19.3 Å². The number of nitrogens with zero attached hydrogens (tertiary/aromatic N) is 1. The van der Waals surface area contributed by atoms with Crippen molar-refractivity contribution >= 4 is 30.9 Å². The summed E-state index contributed by atoms with van der Waals surface area (Å²) in [7, 11) is -6.01. The third-order valence-electron chi connectivity index (χ3n) is 5.32. The van der Waals surface area contributed by atoms with Gasteiger partial charge in [0.15, 0.2) is 0 Å². The van der Waals surface area contributed by atoms with Crippen LogP contribution in [0.15, 0.2) is 47.5 Å². The highest BCUT2D eigenvalue weighted by atomic mass is 32.2. The van der Waals surface area contributed by atoms with Crippen LogP contribution < -0.4 is 4.72 Å². The third kappa shape index (κ3) is 3.35. The molecule has 29 heavy (non-hydrogen) atoms. The molecule has 4 rings (SSSR count). The number of H-pyrrole nitrogens is 1. The van der Waals surface area contributed by atoms with Gasteiger partial charge in [-0.3, -0.25) is 0 Å². The highest BCUT2D eigenvalue weighted by Gasteiger charge is 2.40. The third-order valence-corrected chi connectivity index (χ3v) is 8.71. The maximum Gasteiger partial charge on any atom is 0.243 e. The number of halogens is 1. The molecular formula is C19H20FN3O4S2. The van der Waals surface area contributed by atoms with E-state index in [1.54, 1.807) is 37.4 Å². The minimum Gasteiger partial charge on any atom is -0.360 e. The lowest BCUT2D eigenvalue weighted by Crippen LogP contribution is -2.35. The summed E-state index contributed by atoms with van der Waals surface area (Å²) in [4.78, 5) is 3.21. The van der Waals surface area contributed by atoms with Gasteiger partial charge in [-0.2, -0.15) is 4.31 Å². The number of aromatic amines is 1. The molecule has 2 heterocycles. The Balaban J connectivity index is 1.73. The first kappa shape index (κ1) is 20.0. The topological polar surface area (TPSA) is 99.3 Å². The molecule has 0 amide bonds. The van der Waals surface area contributed by atoms with Crippen molar-refractivity contribution in [3.63, 3.8) is 0 Å². The molecule has 1 unspecified atom stereocenters. The average molecular weight is 438 g/mol. The van der Waals surface area contributed by atoms with Crippen LogP contribution in [-0.4, -0.2) is 45.5 Å². The Hall–Kier alpha value is -2.27. The van der Waals surface area contributed by atoms with Gasteiger partial charge in [-0.05, 0) is 55.4 Å². The molecule has 0 spiro atoms. The molecule has 1 aliphatic rings. The molecule has 0 saturated heterocycles. The highest BCUT2D eigenvalue weighted by molar-refractivity contribution is 7.90. The molecule has 0 bridgehead atoms. The first-order valence-corrected chi connectivity index (χ1v) is 12.1. The average Bonchev–Trinajstić information content (AvgIpc) is 3.17. The van der Waals surface area contributed by atoms with Crippen LogP contribution in [0.4, 0.5) is 4.39 Å². The lowest BCUT2D eigenvalue weighted by atomic mass is 9.99. The fraction of sp³-hybridized carbons (Fsp3) is 0.263. The summed E-state index contributed by atoms with van der Waals surface area (Å²) < 4.78 is 66.2. The zero-order valence-corrected chi connectivity index (χ0v) is 17.4. The van der Waals surface area contributed by atoms with Crippen molar-refractivity contribution in [2.24, 2.45) is 0 Å². The first-order chi connectivity index (χ1) is 13.6. The lowest BCUT2D eigenvalue weighted by molar-refractivity contribution is 0.376. The molecule has 2 aromatic carbocycles. The van der Waals surface area contributed by atoms with Gasteiger partial charge in [0.2, 0.25) is 20.0 Å². The van der Waals surface area contributed by atoms with Crippen molar-refractivity contribution in [1.29, 1.82) is 0 Å². The van der Waals surface area contributed by atoms with Crippen molar-refractivity contribution in [3.05, 3.63) is 54.0 Å². The second-order valence-corrected chi connectivity index (χ2v) is 10.9. The zero-order valence-electron chi connectivity index (χ0n) is 15.8. The molecule has 1 atom stereocenters. The summed E-state index contributed by atoms with van der Waals surface area (Å²) in [5.74, 6) is -0.659. The Morgan fingerprint density at radius 3 is 2.69 bits per heavy atom. The van der Waals surface area contributed by atoms with Crippen LogP contribution in [0.5, 0.6) is 0 Å². The number of nitrogens with one attached hydrogen (secondary N) is 2. The minimum atomic E-state index is -3.78. The van der Waals surface area contributed by atoms with Crippen molar-refractivity contribution in [3.8, 4) is 11.1 Å². The number of hydrogen-bond donors (Lipinski definition) is 2. The van der Waals surface area contributed by atoms with Crippen molar-refractivity contribution in [1.82, 2.24) is 14.0 Å². The second-order valence-electron chi connectivity index (χ2n) is 6.96. The Morgan fingerprint density at radius 1 is 1.21 bits per heavy atom. The van der Waals surface area contributed by atoms with Gasteiger partial charge in [-0.15, -0.1) is 0 Å². The number of sulfonamides is 2. The van der Waals surface area contributed by atoms with Gasteiger partial charge in [0.1, 0.15) is 5.82 Å². The van der Waals surface area contributed by atoms with Crippen LogP contribution >= 0.6 is 0 Å². The van der Waals surface area contributed by atoms with E-state index in [9.17, 15) is 21.2 Å². The maximum absolute atomic E-state index is 13.5. The molecular weight excluding hydrogens is 417 g/mol. The van der Waals surface area contributed by atoms with Crippen molar-refractivity contribution in [2.45, 2.75) is 17.9 Å². The fourth-order valence-corrected chi connectivity index (χ4v) is 6.37. The zero-order chi connectivity index (χ0) is 21.0. The standard InChI is InChI=1S/C19H20FN3O4S2/c1-12-16-9-13(17-11-22-18-10-14(20)4-5-15(17)18)3-6-19(16)29(26,27)23(12)7-8-28(24,25)21-2/h3-6,9-12,21-22H,7-8H2,1-2H3. The van der Waals surface area contributed by atoms with Gasteiger partial charge >= 0.3 is 0 Å². The van der Waals surface area contributed by atoms with Crippen LogP contribution in [0.25, 0.3) is 22.0 Å². The van der Waals surface area contributed by atoms with Gasteiger partial charge < -0.3 is 4.98 Å². The Morgan fingerprint density at radius 2 is 1.97 bits per heavy atom. The normalized spacial score (nSPS) is 18.9. The second kappa shape index (κ2) is 6.91. The van der Waals surface area contributed by atoms with E-state index in [2.05, 4.69) is 9.71 Å². The molecule has 0 saturated carbocycles. The summed E-state index contributed by atoms with van der Waals surface area (Å²) in [6.07, 6.45) is 1.76. The molecule has 7 nitrogen and oxygen atoms in total. The van der Waals surface area contributed by atoms with E-state index < -0.39 is 26.1 Å². The molecule has 154 valence electrons. The number of fused-ring (bicyclic) bond motifs is 2. The van der Waals surface area contributed by atoms with Crippen LogP contribution in [-0.2, 0) is 20.0 Å². The maximum atomic E-state index is 13.5. The van der Waals surface area contributed by atoms with Gasteiger partial charge in [0.25, 0.3) is 0 Å². The van der Waals surface area contributed by atoms with Crippen LogP contribution in [0.1, 0.15) is 18.5 Å². The summed E-state index contributed by atoms with van der Waals surface area (Å²) in [5, 5.41) is 0.830. The summed E-state index contributed by atoms with van der Waals surface area (Å²) >= 11 is 0. The van der Waals surface area contributed by atoms with E-state index in [1.165, 1.54) is 23.5 Å². The number of benzene rings is 2. The molecule has 3 aromatic rings.